The summed E-state index contributed by atoms with van der Waals surface area (Å²) in [5.74, 6) is 5.71. The van der Waals surface area contributed by atoms with Crippen LogP contribution in [-0.4, -0.2) is 40.3 Å². The highest BCUT2D eigenvalue weighted by molar-refractivity contribution is 7.99. The summed E-state index contributed by atoms with van der Waals surface area (Å²) >= 11 is 1.33. The lowest BCUT2D eigenvalue weighted by atomic mass is 10.1. The van der Waals surface area contributed by atoms with E-state index < -0.39 is 11.5 Å². The molecule has 0 aliphatic carbocycles. The Balaban J connectivity index is 2.09. The third-order valence-corrected chi connectivity index (χ3v) is 4.95. The largest absolute Gasteiger partial charge is 0.344 e. The number of amides is 4. The third-order valence-electron chi connectivity index (χ3n) is 4.16. The second kappa shape index (κ2) is 11.6. The van der Waals surface area contributed by atoms with Gasteiger partial charge < -0.3 is 5.32 Å². The SMILES string of the molecule is CCCCCCCCCCCCN1C(=O)NC(SC)N(N)C1=O. The van der Waals surface area contributed by atoms with Gasteiger partial charge in [-0.15, -0.1) is 11.8 Å². The van der Waals surface area contributed by atoms with E-state index in [9.17, 15) is 9.59 Å². The summed E-state index contributed by atoms with van der Waals surface area (Å²) in [4.78, 5) is 25.2. The van der Waals surface area contributed by atoms with Crippen molar-refractivity contribution in [1.29, 1.82) is 0 Å². The van der Waals surface area contributed by atoms with E-state index in [1.165, 1.54) is 61.6 Å². The van der Waals surface area contributed by atoms with Gasteiger partial charge in [-0.3, -0.25) is 0 Å². The van der Waals surface area contributed by atoms with Crippen molar-refractivity contribution in [2.45, 2.75) is 76.6 Å². The zero-order valence-electron chi connectivity index (χ0n) is 14.6. The summed E-state index contributed by atoms with van der Waals surface area (Å²) in [5, 5.41) is 3.80. The molecule has 0 aromatic carbocycles. The predicted molar refractivity (Wildman–Crippen MR) is 95.8 cm³/mol. The molecule has 1 rings (SSSR count). The highest BCUT2D eigenvalue weighted by Crippen LogP contribution is 2.16. The van der Waals surface area contributed by atoms with Crippen LogP contribution in [0.5, 0.6) is 0 Å². The molecule has 6 nitrogen and oxygen atoms in total. The molecular weight excluding hydrogens is 312 g/mol. The van der Waals surface area contributed by atoms with Crippen molar-refractivity contribution in [2.24, 2.45) is 5.84 Å². The molecule has 1 aliphatic heterocycles. The molecule has 0 aromatic rings. The smallest absolute Gasteiger partial charge is 0.307 e. The maximum absolute atomic E-state index is 12.0. The number of hydrazine groups is 1. The summed E-state index contributed by atoms with van der Waals surface area (Å²) in [6, 6.07) is -0.754. The van der Waals surface area contributed by atoms with Crippen molar-refractivity contribution in [1.82, 2.24) is 15.2 Å². The molecule has 7 heteroatoms. The molecule has 3 N–H and O–H groups in total. The molecule has 1 heterocycles. The zero-order chi connectivity index (χ0) is 17.1. The number of nitrogens with zero attached hydrogens (tertiary/aromatic N) is 2. The molecule has 0 bridgehead atoms. The van der Waals surface area contributed by atoms with Crippen LogP contribution in [-0.2, 0) is 0 Å². The quantitative estimate of drug-likeness (QED) is 0.320. The molecule has 1 unspecified atom stereocenters. The number of nitrogens with one attached hydrogen (secondary N) is 1. The highest BCUT2D eigenvalue weighted by Gasteiger charge is 2.35. The van der Waals surface area contributed by atoms with Crippen LogP contribution in [0.4, 0.5) is 9.59 Å². The van der Waals surface area contributed by atoms with Gasteiger partial charge in [0, 0.05) is 6.54 Å². The van der Waals surface area contributed by atoms with Crippen LogP contribution in [0, 0.1) is 0 Å². The summed E-state index contributed by atoms with van der Waals surface area (Å²) in [6.45, 7) is 2.68. The summed E-state index contributed by atoms with van der Waals surface area (Å²) in [7, 11) is 0. The van der Waals surface area contributed by atoms with E-state index >= 15 is 0 Å². The third kappa shape index (κ3) is 6.99. The number of hydrogen-bond acceptors (Lipinski definition) is 4. The lowest BCUT2D eigenvalue weighted by Gasteiger charge is -2.37. The maximum Gasteiger partial charge on any atom is 0.344 e. The fourth-order valence-electron chi connectivity index (χ4n) is 2.71. The fraction of sp³-hybridized carbons (Fsp3) is 0.875. The topological polar surface area (TPSA) is 78.7 Å². The Morgan fingerprint density at radius 1 is 1.00 bits per heavy atom. The van der Waals surface area contributed by atoms with Crippen LogP contribution in [0.3, 0.4) is 0 Å². The van der Waals surface area contributed by atoms with Crippen LogP contribution < -0.4 is 11.2 Å². The number of carbonyl (C=O) groups excluding carboxylic acids is 2. The van der Waals surface area contributed by atoms with Gasteiger partial charge in [0.2, 0.25) is 0 Å². The monoisotopic (exact) mass is 344 g/mol. The molecule has 1 fully saturated rings. The zero-order valence-corrected chi connectivity index (χ0v) is 15.4. The summed E-state index contributed by atoms with van der Waals surface area (Å²) in [6.07, 6.45) is 14.0. The minimum absolute atomic E-state index is 0.341. The molecule has 4 amide bonds. The summed E-state index contributed by atoms with van der Waals surface area (Å²) in [5.41, 5.74) is -0.473. The Labute approximate surface area is 144 Å². The normalized spacial score (nSPS) is 18.5. The Morgan fingerprint density at radius 2 is 1.52 bits per heavy atom. The molecule has 0 saturated carbocycles. The van der Waals surface area contributed by atoms with E-state index in [4.69, 9.17) is 5.84 Å². The van der Waals surface area contributed by atoms with Crippen molar-refractivity contribution in [3.63, 3.8) is 0 Å². The van der Waals surface area contributed by atoms with Crippen molar-refractivity contribution in [2.75, 3.05) is 12.8 Å². The molecule has 1 atom stereocenters. The Kier molecular flexibility index (Phi) is 10.1. The fourth-order valence-corrected chi connectivity index (χ4v) is 3.24. The lowest BCUT2D eigenvalue weighted by Crippen LogP contribution is -2.66. The van der Waals surface area contributed by atoms with E-state index in [0.29, 0.717) is 6.54 Å². The van der Waals surface area contributed by atoms with Crippen molar-refractivity contribution in [3.05, 3.63) is 0 Å². The molecule has 23 heavy (non-hydrogen) atoms. The van der Waals surface area contributed by atoms with Gasteiger partial charge >= 0.3 is 12.1 Å². The van der Waals surface area contributed by atoms with Crippen LogP contribution in [0.2, 0.25) is 0 Å². The van der Waals surface area contributed by atoms with Gasteiger partial charge in [0.25, 0.3) is 0 Å². The number of rotatable bonds is 12. The van der Waals surface area contributed by atoms with Crippen molar-refractivity contribution < 1.29 is 9.59 Å². The molecule has 0 spiro atoms. The van der Waals surface area contributed by atoms with Crippen LogP contribution in [0.15, 0.2) is 0 Å². The van der Waals surface area contributed by atoms with Gasteiger partial charge in [-0.1, -0.05) is 64.7 Å². The molecule has 0 radical (unpaired) electrons. The number of carbonyl (C=O) groups is 2. The van der Waals surface area contributed by atoms with Crippen LogP contribution >= 0.6 is 11.8 Å². The van der Waals surface area contributed by atoms with Crippen molar-refractivity contribution >= 4 is 23.8 Å². The van der Waals surface area contributed by atoms with E-state index in [0.717, 1.165) is 24.3 Å². The van der Waals surface area contributed by atoms with Gasteiger partial charge in [-0.2, -0.15) is 0 Å². The first-order valence-electron chi connectivity index (χ1n) is 8.80. The maximum atomic E-state index is 12.0. The summed E-state index contributed by atoms with van der Waals surface area (Å²) < 4.78 is 0. The van der Waals surface area contributed by atoms with Gasteiger partial charge in [-0.05, 0) is 12.7 Å². The number of hydrogen-bond donors (Lipinski definition) is 2. The minimum atomic E-state index is -0.473. The first-order chi connectivity index (χ1) is 11.1. The second-order valence-corrected chi connectivity index (χ2v) is 6.98. The molecular formula is C16H32N4O2S. The van der Waals surface area contributed by atoms with Gasteiger partial charge in [0.05, 0.1) is 0 Å². The highest BCUT2D eigenvalue weighted by atomic mass is 32.2. The predicted octanol–water partition coefficient (Wildman–Crippen LogP) is 3.87. The molecule has 134 valence electrons. The van der Waals surface area contributed by atoms with E-state index in [1.807, 2.05) is 0 Å². The lowest BCUT2D eigenvalue weighted by molar-refractivity contribution is 0.124. The number of imide groups is 1. The van der Waals surface area contributed by atoms with Crippen LogP contribution in [0.1, 0.15) is 71.1 Å². The molecule has 1 aliphatic rings. The van der Waals surface area contributed by atoms with E-state index in [2.05, 4.69) is 12.2 Å². The second-order valence-electron chi connectivity index (χ2n) is 6.06. The average molecular weight is 345 g/mol. The Bertz CT molecular complexity index is 368. The number of nitrogens with two attached hydrogens (primary N) is 1. The number of thioether (sulfide) groups is 1. The Morgan fingerprint density at radius 3 is 2.04 bits per heavy atom. The van der Waals surface area contributed by atoms with Gasteiger partial charge in [0.15, 0.2) is 5.50 Å². The number of unbranched alkanes of at least 4 members (excludes halogenated alkanes) is 9. The van der Waals surface area contributed by atoms with Crippen molar-refractivity contribution in [3.8, 4) is 0 Å². The molecule has 0 aromatic heterocycles. The molecule has 1 saturated heterocycles. The van der Waals surface area contributed by atoms with E-state index in [-0.39, 0.29) is 6.03 Å². The first kappa shape index (κ1) is 20.1. The standard InChI is InChI=1S/C16H32N4O2S/c1-3-4-5-6-7-8-9-10-11-12-13-19-14(21)18-15(23-2)20(17)16(19)22/h15H,3-13,17H2,1-2H3,(H,18,21). The van der Waals surface area contributed by atoms with Gasteiger partial charge in [-0.25, -0.2) is 25.3 Å². The average Bonchev–Trinajstić information content (AvgIpc) is 2.55. The van der Waals surface area contributed by atoms with Crippen LogP contribution in [0.25, 0.3) is 0 Å². The Hall–Kier alpha value is -0.950. The van der Waals surface area contributed by atoms with E-state index in [1.54, 1.807) is 6.26 Å². The first-order valence-corrected chi connectivity index (χ1v) is 10.1. The minimum Gasteiger partial charge on any atom is -0.307 e. The number of urea groups is 2. The van der Waals surface area contributed by atoms with Gasteiger partial charge in [0.1, 0.15) is 0 Å².